The second-order valence-electron chi connectivity index (χ2n) is 6.83. The van der Waals surface area contributed by atoms with Gasteiger partial charge in [0.1, 0.15) is 0 Å². The number of carbonyl (C=O) groups excluding carboxylic acids is 3. The van der Waals surface area contributed by atoms with Gasteiger partial charge < -0.3 is 0 Å². The molecule has 1 N–H and O–H groups in total. The molecule has 2 aromatic carbocycles. The van der Waals surface area contributed by atoms with Crippen molar-refractivity contribution in [2.24, 2.45) is 0 Å². The number of hydrogen-bond acceptors (Lipinski definition) is 6. The van der Waals surface area contributed by atoms with Gasteiger partial charge in [0, 0.05) is 0 Å². The third-order valence-electron chi connectivity index (χ3n) is 5.08. The fraction of sp³-hybridized carbons (Fsp3) is 0.286. The standard InChI is InChI=1S/C21H20IN2O6/c1-29-17-10-13-15(11-16(17)25)24(19(26)7-8-20(27)30-2)22-18-9-12-5-3-4-6-14(12)23(18)21(13)28/h3-6,10-11,18,25H,7-9H2,1-2H3/q-1/t18-/m0/s1. The minimum absolute atomic E-state index is 0.0352. The van der Waals surface area contributed by atoms with E-state index in [4.69, 9.17) is 4.74 Å². The van der Waals surface area contributed by atoms with Crippen LogP contribution in [0.5, 0.6) is 11.5 Å². The van der Waals surface area contributed by atoms with E-state index < -0.39 is 27.4 Å². The average molecular weight is 523 g/mol. The molecule has 2 amide bonds. The number of nitrogens with zero attached hydrogens (tertiary/aromatic N) is 2. The monoisotopic (exact) mass is 523 g/mol. The number of phenols is 1. The Morgan fingerprint density at radius 2 is 1.93 bits per heavy atom. The van der Waals surface area contributed by atoms with Crippen LogP contribution < -0.4 is 34.2 Å². The molecule has 4 rings (SSSR count). The van der Waals surface area contributed by atoms with Crippen molar-refractivity contribution < 1.29 is 50.4 Å². The molecule has 30 heavy (non-hydrogen) atoms. The fourth-order valence-corrected chi connectivity index (χ4v) is 6.97. The predicted molar refractivity (Wildman–Crippen MR) is 104 cm³/mol. The van der Waals surface area contributed by atoms with Crippen LogP contribution in [0.4, 0.5) is 11.4 Å². The summed E-state index contributed by atoms with van der Waals surface area (Å²) < 4.78 is 11.3. The number of rotatable bonds is 4. The van der Waals surface area contributed by atoms with Gasteiger partial charge in [-0.05, 0) is 0 Å². The number of halogens is 1. The Kier molecular flexibility index (Phi) is 5.54. The summed E-state index contributed by atoms with van der Waals surface area (Å²) in [5.74, 6) is -0.972. The molecule has 0 fully saturated rings. The summed E-state index contributed by atoms with van der Waals surface area (Å²) in [5, 5.41) is 10.3. The van der Waals surface area contributed by atoms with Crippen molar-refractivity contribution in [1.82, 2.24) is 0 Å². The van der Waals surface area contributed by atoms with Gasteiger partial charge in [-0.1, -0.05) is 0 Å². The zero-order valence-electron chi connectivity index (χ0n) is 16.4. The van der Waals surface area contributed by atoms with Crippen LogP contribution in [0.2, 0.25) is 0 Å². The molecule has 8 nitrogen and oxygen atoms in total. The van der Waals surface area contributed by atoms with Crippen LogP contribution in [-0.4, -0.2) is 41.2 Å². The number of phenolic OH excluding ortho intramolecular Hbond substituents is 1. The zero-order valence-corrected chi connectivity index (χ0v) is 18.6. The Hall–Kier alpha value is -2.82. The van der Waals surface area contributed by atoms with Crippen LogP contribution in [0.15, 0.2) is 36.4 Å². The minimum atomic E-state index is -1.01. The van der Waals surface area contributed by atoms with E-state index in [9.17, 15) is 19.5 Å². The van der Waals surface area contributed by atoms with Gasteiger partial charge in [0.2, 0.25) is 0 Å². The van der Waals surface area contributed by atoms with Gasteiger partial charge in [-0.3, -0.25) is 0 Å². The van der Waals surface area contributed by atoms with Crippen molar-refractivity contribution in [3.8, 4) is 11.5 Å². The number of fused-ring (bicyclic) bond motifs is 4. The van der Waals surface area contributed by atoms with Crippen molar-refractivity contribution in [3.05, 3.63) is 47.5 Å². The maximum absolute atomic E-state index is 13.5. The van der Waals surface area contributed by atoms with Crippen LogP contribution in [0.25, 0.3) is 0 Å². The number of esters is 1. The first-order valence-electron chi connectivity index (χ1n) is 9.30. The first-order chi connectivity index (χ1) is 14.4. The van der Waals surface area contributed by atoms with E-state index in [2.05, 4.69) is 4.74 Å². The number of hydrogen-bond donors (Lipinski definition) is 1. The van der Waals surface area contributed by atoms with E-state index in [0.29, 0.717) is 12.1 Å². The molecule has 0 spiro atoms. The van der Waals surface area contributed by atoms with Crippen molar-refractivity contribution in [3.63, 3.8) is 0 Å². The Morgan fingerprint density at radius 1 is 1.17 bits per heavy atom. The summed E-state index contributed by atoms with van der Waals surface area (Å²) in [5.41, 5.74) is 2.54. The van der Waals surface area contributed by atoms with E-state index in [1.54, 1.807) is 8.01 Å². The number of alkyl halides is 1. The molecule has 0 bridgehead atoms. The van der Waals surface area contributed by atoms with E-state index in [0.717, 1.165) is 11.3 Å². The summed E-state index contributed by atoms with van der Waals surface area (Å²) in [6, 6.07) is 10.6. The third kappa shape index (κ3) is 3.47. The topological polar surface area (TPSA) is 96.4 Å². The average Bonchev–Trinajstić information content (AvgIpc) is 3.07. The molecule has 0 unspecified atom stereocenters. The fourth-order valence-electron chi connectivity index (χ4n) is 3.60. The molecule has 0 aromatic heterocycles. The Balaban J connectivity index is 1.79. The van der Waals surface area contributed by atoms with Gasteiger partial charge >= 0.3 is 184 Å². The molecule has 158 valence electrons. The van der Waals surface area contributed by atoms with Crippen molar-refractivity contribution in [1.29, 1.82) is 0 Å². The second kappa shape index (κ2) is 8.13. The Labute approximate surface area is 184 Å². The predicted octanol–water partition coefficient (Wildman–Crippen LogP) is -0.766. The summed E-state index contributed by atoms with van der Waals surface area (Å²) >= 11 is -1.01. The van der Waals surface area contributed by atoms with Gasteiger partial charge in [0.25, 0.3) is 0 Å². The van der Waals surface area contributed by atoms with E-state index >= 15 is 0 Å². The number of benzene rings is 2. The van der Waals surface area contributed by atoms with Crippen LogP contribution in [0.3, 0.4) is 0 Å². The first-order valence-corrected chi connectivity index (χ1v) is 11.5. The molecule has 0 saturated heterocycles. The number of amides is 2. The third-order valence-corrected chi connectivity index (χ3v) is 8.33. The molecular formula is C21H20IN2O6-. The second-order valence-corrected chi connectivity index (χ2v) is 9.79. The van der Waals surface area contributed by atoms with Crippen molar-refractivity contribution in [2.45, 2.75) is 23.3 Å². The van der Waals surface area contributed by atoms with Gasteiger partial charge in [-0.15, -0.1) is 0 Å². The van der Waals surface area contributed by atoms with E-state index in [-0.39, 0.29) is 45.8 Å². The summed E-state index contributed by atoms with van der Waals surface area (Å²) in [6.07, 6.45) is 0.579. The Bertz CT molecular complexity index is 1040. The SMILES string of the molecule is COC(=O)CCC(=O)N1[I-][C@@H]2Cc3ccccc3N2C(=O)c2cc(OC)c(O)cc21. The van der Waals surface area contributed by atoms with Crippen molar-refractivity contribution >= 4 is 29.2 Å². The molecule has 9 heteroatoms. The number of anilines is 2. The van der Waals surface area contributed by atoms with Crippen LogP contribution in [-0.2, 0) is 20.7 Å². The van der Waals surface area contributed by atoms with Crippen molar-refractivity contribution in [2.75, 3.05) is 22.2 Å². The number of para-hydroxylation sites is 1. The number of methoxy groups -OCH3 is 2. The van der Waals surface area contributed by atoms with Crippen LogP contribution in [0, 0.1) is 0 Å². The molecule has 0 saturated carbocycles. The molecule has 2 aromatic rings. The summed E-state index contributed by atoms with van der Waals surface area (Å²) in [4.78, 5) is 39.9. The summed E-state index contributed by atoms with van der Waals surface area (Å²) in [6.45, 7) is 0. The quantitative estimate of drug-likeness (QED) is 0.186. The molecular weight excluding hydrogens is 503 g/mol. The molecule has 2 aliphatic heterocycles. The molecule has 0 aliphatic carbocycles. The van der Waals surface area contributed by atoms with Gasteiger partial charge in [0.05, 0.1) is 0 Å². The van der Waals surface area contributed by atoms with E-state index in [1.165, 1.54) is 26.4 Å². The number of ether oxygens (including phenoxy) is 2. The van der Waals surface area contributed by atoms with Crippen LogP contribution >= 0.6 is 0 Å². The first kappa shape index (κ1) is 20.5. The number of aromatic hydroxyl groups is 1. The van der Waals surface area contributed by atoms with Gasteiger partial charge in [-0.25, -0.2) is 0 Å². The molecule has 2 heterocycles. The molecule has 2 aliphatic rings. The summed E-state index contributed by atoms with van der Waals surface area (Å²) in [7, 11) is 2.68. The molecule has 0 radical (unpaired) electrons. The van der Waals surface area contributed by atoms with Crippen LogP contribution in [0.1, 0.15) is 28.8 Å². The normalized spacial score (nSPS) is 17.3. The Morgan fingerprint density at radius 3 is 2.67 bits per heavy atom. The molecule has 1 atom stereocenters. The maximum atomic E-state index is 13.5. The van der Waals surface area contributed by atoms with Gasteiger partial charge in [0.15, 0.2) is 0 Å². The number of carbonyl (C=O) groups is 3. The van der Waals surface area contributed by atoms with Gasteiger partial charge in [-0.2, -0.15) is 0 Å². The van der Waals surface area contributed by atoms with E-state index in [1.807, 2.05) is 24.3 Å². The zero-order chi connectivity index (χ0) is 21.4.